The molecule has 1 fully saturated rings. The molecule has 0 bridgehead atoms. The predicted molar refractivity (Wildman–Crippen MR) is 87.4 cm³/mol. The molecular weight excluding hydrogens is 284 g/mol. The molecule has 1 aliphatic rings. The average molecular weight is 310 g/mol. The van der Waals surface area contributed by atoms with Gasteiger partial charge in [0.15, 0.2) is 5.13 Å². The quantitative estimate of drug-likeness (QED) is 0.921. The molecule has 21 heavy (non-hydrogen) atoms. The van der Waals surface area contributed by atoms with Gasteiger partial charge in [-0.05, 0) is 25.2 Å². The zero-order valence-corrected chi connectivity index (χ0v) is 14.3. The van der Waals surface area contributed by atoms with E-state index in [1.807, 2.05) is 0 Å². The lowest BCUT2D eigenvalue weighted by molar-refractivity contribution is -0.136. The summed E-state index contributed by atoms with van der Waals surface area (Å²) >= 11 is 1.69. The highest BCUT2D eigenvalue weighted by molar-refractivity contribution is 7.15. The summed E-state index contributed by atoms with van der Waals surface area (Å²) in [5.74, 6) is 0.0615. The fourth-order valence-electron chi connectivity index (χ4n) is 2.65. The Labute approximate surface area is 131 Å². The summed E-state index contributed by atoms with van der Waals surface area (Å²) in [6.07, 6.45) is 3.20. The van der Waals surface area contributed by atoms with E-state index in [9.17, 15) is 4.79 Å². The van der Waals surface area contributed by atoms with E-state index in [0.29, 0.717) is 6.42 Å². The Kier molecular flexibility index (Phi) is 4.91. The van der Waals surface area contributed by atoms with Gasteiger partial charge >= 0.3 is 5.97 Å². The number of hydrogen-bond acceptors (Lipinski definition) is 4. The third kappa shape index (κ3) is 4.19. The lowest BCUT2D eigenvalue weighted by Crippen LogP contribution is -2.32. The molecule has 1 aromatic heterocycles. The molecule has 1 saturated heterocycles. The number of hydrogen-bond donors (Lipinski definition) is 1. The number of nitrogens with zero attached hydrogens (tertiary/aromatic N) is 2. The standard InChI is InChI=1S/C16H26N2O2S/c1-11-7-9-18(10-8-11)15-17-14(16(2,3)4)12(21-15)5-6-13(19)20/h11H,5-10H2,1-4H3,(H,19,20). The minimum absolute atomic E-state index is 0.0360. The van der Waals surface area contributed by atoms with Crippen molar-refractivity contribution in [3.8, 4) is 0 Å². The van der Waals surface area contributed by atoms with Crippen molar-refractivity contribution in [2.24, 2.45) is 5.92 Å². The maximum atomic E-state index is 10.9. The fraction of sp³-hybridized carbons (Fsp3) is 0.750. The summed E-state index contributed by atoms with van der Waals surface area (Å²) in [4.78, 5) is 19.2. The molecule has 118 valence electrons. The minimum Gasteiger partial charge on any atom is -0.481 e. The van der Waals surface area contributed by atoms with Crippen molar-refractivity contribution in [2.75, 3.05) is 18.0 Å². The van der Waals surface area contributed by atoms with E-state index in [1.165, 1.54) is 12.8 Å². The monoisotopic (exact) mass is 310 g/mol. The number of carbonyl (C=O) groups is 1. The maximum absolute atomic E-state index is 10.9. The Morgan fingerprint density at radius 2 is 2.00 bits per heavy atom. The summed E-state index contributed by atoms with van der Waals surface area (Å²) in [5, 5.41) is 10.0. The van der Waals surface area contributed by atoms with E-state index in [4.69, 9.17) is 10.1 Å². The summed E-state index contributed by atoms with van der Waals surface area (Å²) < 4.78 is 0. The van der Waals surface area contributed by atoms with Crippen molar-refractivity contribution < 1.29 is 9.90 Å². The summed E-state index contributed by atoms with van der Waals surface area (Å²) in [5.41, 5.74) is 1.04. The largest absolute Gasteiger partial charge is 0.481 e. The van der Waals surface area contributed by atoms with Crippen LogP contribution in [0.4, 0.5) is 5.13 Å². The second kappa shape index (κ2) is 6.34. The molecule has 0 unspecified atom stereocenters. The third-order valence-electron chi connectivity index (χ3n) is 4.02. The van der Waals surface area contributed by atoms with Crippen LogP contribution in [0.15, 0.2) is 0 Å². The van der Waals surface area contributed by atoms with Crippen LogP contribution in [0.5, 0.6) is 0 Å². The zero-order valence-electron chi connectivity index (χ0n) is 13.5. The molecule has 0 radical (unpaired) electrons. The number of carboxylic acid groups (broad SMARTS) is 1. The van der Waals surface area contributed by atoms with Gasteiger partial charge in [-0.25, -0.2) is 4.98 Å². The first-order chi connectivity index (χ1) is 9.77. The van der Waals surface area contributed by atoms with Gasteiger partial charge in [-0.2, -0.15) is 0 Å². The first-order valence-corrected chi connectivity index (χ1v) is 8.56. The van der Waals surface area contributed by atoms with Crippen molar-refractivity contribution in [3.63, 3.8) is 0 Å². The molecule has 0 aliphatic carbocycles. The van der Waals surface area contributed by atoms with Gasteiger partial charge in [0.05, 0.1) is 12.1 Å². The van der Waals surface area contributed by atoms with Crippen molar-refractivity contribution in [1.82, 2.24) is 4.98 Å². The van der Waals surface area contributed by atoms with E-state index in [-0.39, 0.29) is 11.8 Å². The van der Waals surface area contributed by atoms with Gasteiger partial charge < -0.3 is 10.0 Å². The molecule has 2 rings (SSSR count). The molecule has 1 aromatic rings. The van der Waals surface area contributed by atoms with Gasteiger partial charge in [-0.15, -0.1) is 11.3 Å². The fourth-order valence-corrected chi connectivity index (χ4v) is 3.97. The number of aliphatic carboxylic acids is 1. The minimum atomic E-state index is -0.739. The molecule has 1 aliphatic heterocycles. The second-order valence-corrected chi connectivity index (χ2v) is 8.14. The van der Waals surface area contributed by atoms with Crippen molar-refractivity contribution in [3.05, 3.63) is 10.6 Å². The normalized spacial score (nSPS) is 17.2. The Morgan fingerprint density at radius 3 is 2.52 bits per heavy atom. The summed E-state index contributed by atoms with van der Waals surface area (Å²) in [6.45, 7) is 10.9. The molecule has 0 amide bonds. The van der Waals surface area contributed by atoms with Crippen LogP contribution < -0.4 is 4.90 Å². The SMILES string of the molecule is CC1CCN(c2nc(C(C)(C)C)c(CCC(=O)O)s2)CC1. The van der Waals surface area contributed by atoms with Crippen molar-refractivity contribution >= 4 is 22.4 Å². The van der Waals surface area contributed by atoms with Gasteiger partial charge in [0, 0.05) is 23.4 Å². The molecule has 4 nitrogen and oxygen atoms in total. The van der Waals surface area contributed by atoms with E-state index >= 15 is 0 Å². The number of piperidine rings is 1. The molecule has 5 heteroatoms. The van der Waals surface area contributed by atoms with Crippen LogP contribution in [0.3, 0.4) is 0 Å². The highest BCUT2D eigenvalue weighted by Crippen LogP contribution is 2.36. The number of thiazole rings is 1. The van der Waals surface area contributed by atoms with E-state index in [1.54, 1.807) is 11.3 Å². The van der Waals surface area contributed by atoms with Gasteiger partial charge in [0.25, 0.3) is 0 Å². The number of carboxylic acids is 1. The van der Waals surface area contributed by atoms with Crippen LogP contribution >= 0.6 is 11.3 Å². The number of rotatable bonds is 4. The van der Waals surface area contributed by atoms with E-state index in [0.717, 1.165) is 34.7 Å². The summed E-state index contributed by atoms with van der Waals surface area (Å²) in [7, 11) is 0. The second-order valence-electron chi connectivity index (χ2n) is 7.08. The highest BCUT2D eigenvalue weighted by atomic mass is 32.1. The highest BCUT2D eigenvalue weighted by Gasteiger charge is 2.26. The van der Waals surface area contributed by atoms with Gasteiger partial charge in [-0.1, -0.05) is 27.7 Å². The first-order valence-electron chi connectivity index (χ1n) is 7.74. The molecule has 0 aromatic carbocycles. The molecule has 1 N–H and O–H groups in total. The number of anilines is 1. The van der Waals surface area contributed by atoms with Crippen LogP contribution in [0, 0.1) is 5.92 Å². The summed E-state index contributed by atoms with van der Waals surface area (Å²) in [6, 6.07) is 0. The van der Waals surface area contributed by atoms with Crippen LogP contribution in [0.25, 0.3) is 0 Å². The Balaban J connectivity index is 2.21. The van der Waals surface area contributed by atoms with Crippen LogP contribution in [-0.4, -0.2) is 29.1 Å². The van der Waals surface area contributed by atoms with Crippen LogP contribution in [-0.2, 0) is 16.6 Å². The average Bonchev–Trinajstić information content (AvgIpc) is 2.81. The molecule has 0 saturated carbocycles. The lowest BCUT2D eigenvalue weighted by atomic mass is 9.90. The molecule has 2 heterocycles. The lowest BCUT2D eigenvalue weighted by Gasteiger charge is -2.30. The van der Waals surface area contributed by atoms with Crippen molar-refractivity contribution in [2.45, 2.75) is 58.8 Å². The van der Waals surface area contributed by atoms with Crippen LogP contribution in [0.1, 0.15) is 57.5 Å². The maximum Gasteiger partial charge on any atom is 0.303 e. The zero-order chi connectivity index (χ0) is 15.6. The van der Waals surface area contributed by atoms with Gasteiger partial charge in [0.2, 0.25) is 0 Å². The molecular formula is C16H26N2O2S. The van der Waals surface area contributed by atoms with Crippen molar-refractivity contribution in [1.29, 1.82) is 0 Å². The Hall–Kier alpha value is -1.10. The number of aromatic nitrogens is 1. The number of aryl methyl sites for hydroxylation is 1. The topological polar surface area (TPSA) is 53.4 Å². The molecule has 0 spiro atoms. The smallest absolute Gasteiger partial charge is 0.303 e. The third-order valence-corrected chi connectivity index (χ3v) is 5.19. The Bertz CT molecular complexity index is 497. The predicted octanol–water partition coefficient (Wildman–Crippen LogP) is 3.69. The van der Waals surface area contributed by atoms with Crippen LogP contribution in [0.2, 0.25) is 0 Å². The van der Waals surface area contributed by atoms with E-state index in [2.05, 4.69) is 32.6 Å². The van der Waals surface area contributed by atoms with E-state index < -0.39 is 5.97 Å². The van der Waals surface area contributed by atoms with Gasteiger partial charge in [-0.3, -0.25) is 4.79 Å². The van der Waals surface area contributed by atoms with Gasteiger partial charge in [0.1, 0.15) is 0 Å². The Morgan fingerprint density at radius 1 is 1.38 bits per heavy atom. The first kappa shape index (κ1) is 16.3. The molecule has 0 atom stereocenters.